The van der Waals surface area contributed by atoms with E-state index in [0.717, 1.165) is 32.1 Å². The molecule has 2 heterocycles. The van der Waals surface area contributed by atoms with Crippen LogP contribution in [0.4, 0.5) is 4.79 Å². The van der Waals surface area contributed by atoms with Crippen molar-refractivity contribution in [2.75, 3.05) is 39.3 Å². The summed E-state index contributed by atoms with van der Waals surface area (Å²) >= 11 is 0. The lowest BCUT2D eigenvalue weighted by Gasteiger charge is -2.34. The molecule has 35 heavy (non-hydrogen) atoms. The van der Waals surface area contributed by atoms with E-state index in [4.69, 9.17) is 9.47 Å². The first-order valence-electron chi connectivity index (χ1n) is 13.2. The number of nitrogens with one attached hydrogen (secondary N) is 1. The zero-order chi connectivity index (χ0) is 26.0. The molecular weight excluding hydrogens is 450 g/mol. The van der Waals surface area contributed by atoms with Gasteiger partial charge >= 0.3 is 12.1 Å². The van der Waals surface area contributed by atoms with E-state index in [2.05, 4.69) is 5.32 Å². The second kappa shape index (κ2) is 13.7. The Morgan fingerprint density at radius 3 is 2.29 bits per heavy atom. The van der Waals surface area contributed by atoms with Crippen molar-refractivity contribution in [3.63, 3.8) is 0 Å². The van der Waals surface area contributed by atoms with Crippen LogP contribution in [0.1, 0.15) is 79.6 Å². The van der Waals surface area contributed by atoms with Gasteiger partial charge in [-0.3, -0.25) is 14.4 Å². The molecule has 0 spiro atoms. The Kier molecular flexibility index (Phi) is 11.3. The summed E-state index contributed by atoms with van der Waals surface area (Å²) in [4.78, 5) is 53.3. The van der Waals surface area contributed by atoms with Crippen LogP contribution in [0.2, 0.25) is 0 Å². The van der Waals surface area contributed by atoms with E-state index < -0.39 is 5.60 Å². The summed E-state index contributed by atoms with van der Waals surface area (Å²) in [6.45, 7) is 12.3. The van der Waals surface area contributed by atoms with Crippen LogP contribution < -0.4 is 5.32 Å². The molecule has 0 unspecified atom stereocenters. The predicted octanol–water partition coefficient (Wildman–Crippen LogP) is 3.36. The van der Waals surface area contributed by atoms with Crippen molar-refractivity contribution >= 4 is 23.9 Å². The van der Waals surface area contributed by atoms with Gasteiger partial charge in [0.25, 0.3) is 0 Å². The van der Waals surface area contributed by atoms with E-state index in [-0.39, 0.29) is 42.3 Å². The number of likely N-dealkylation sites (tertiary alicyclic amines) is 2. The van der Waals surface area contributed by atoms with Gasteiger partial charge in [-0.1, -0.05) is 6.92 Å². The molecule has 200 valence electrons. The van der Waals surface area contributed by atoms with E-state index in [9.17, 15) is 19.2 Å². The minimum absolute atomic E-state index is 0.0926. The molecule has 0 aromatic heterocycles. The molecule has 2 saturated heterocycles. The number of esters is 1. The smallest absolute Gasteiger partial charge is 0.410 e. The summed E-state index contributed by atoms with van der Waals surface area (Å²) in [5.74, 6) is -0.468. The molecule has 9 nitrogen and oxygen atoms in total. The van der Waals surface area contributed by atoms with Gasteiger partial charge in [-0.2, -0.15) is 0 Å². The van der Waals surface area contributed by atoms with Crippen molar-refractivity contribution < 1.29 is 28.7 Å². The Labute approximate surface area is 210 Å². The van der Waals surface area contributed by atoms with E-state index >= 15 is 0 Å². The summed E-state index contributed by atoms with van der Waals surface area (Å²) in [7, 11) is 0. The number of hydrogen-bond donors (Lipinski definition) is 1. The number of piperidine rings is 2. The Hall–Kier alpha value is -2.32. The molecular formula is C26H45N3O6. The summed E-state index contributed by atoms with van der Waals surface area (Å²) in [6, 6.07) is 0. The van der Waals surface area contributed by atoms with Crippen molar-refractivity contribution in [2.45, 2.75) is 85.2 Å². The van der Waals surface area contributed by atoms with Gasteiger partial charge in [0.2, 0.25) is 11.8 Å². The molecule has 0 aromatic carbocycles. The van der Waals surface area contributed by atoms with Crippen LogP contribution in [-0.4, -0.2) is 78.6 Å². The maximum absolute atomic E-state index is 12.9. The van der Waals surface area contributed by atoms with Crippen LogP contribution in [0.3, 0.4) is 0 Å². The van der Waals surface area contributed by atoms with Gasteiger partial charge in [0.15, 0.2) is 0 Å². The second-order valence-electron chi connectivity index (χ2n) is 10.7. The molecule has 0 saturated carbocycles. The van der Waals surface area contributed by atoms with Gasteiger partial charge in [0.05, 0.1) is 18.4 Å². The average molecular weight is 496 g/mol. The molecule has 2 atom stereocenters. The van der Waals surface area contributed by atoms with Crippen molar-refractivity contribution in [2.24, 2.45) is 17.8 Å². The molecule has 0 aliphatic carbocycles. The summed E-state index contributed by atoms with van der Waals surface area (Å²) < 4.78 is 10.5. The summed E-state index contributed by atoms with van der Waals surface area (Å²) in [6.07, 6.45) is 4.89. The van der Waals surface area contributed by atoms with Crippen LogP contribution >= 0.6 is 0 Å². The maximum Gasteiger partial charge on any atom is 0.410 e. The number of carbonyl (C=O) groups is 4. The maximum atomic E-state index is 12.9. The molecule has 1 N–H and O–H groups in total. The van der Waals surface area contributed by atoms with Crippen LogP contribution in [0.15, 0.2) is 0 Å². The normalized spacial score (nSPS) is 20.2. The molecule has 3 amide bonds. The molecule has 0 bridgehead atoms. The van der Waals surface area contributed by atoms with Crippen molar-refractivity contribution in [1.29, 1.82) is 0 Å². The first-order valence-corrected chi connectivity index (χ1v) is 13.2. The minimum Gasteiger partial charge on any atom is -0.466 e. The van der Waals surface area contributed by atoms with Crippen LogP contribution in [-0.2, 0) is 23.9 Å². The van der Waals surface area contributed by atoms with E-state index in [1.54, 1.807) is 11.8 Å². The highest BCUT2D eigenvalue weighted by Crippen LogP contribution is 2.25. The van der Waals surface area contributed by atoms with Crippen molar-refractivity contribution in [3.8, 4) is 0 Å². The lowest BCUT2D eigenvalue weighted by molar-refractivity contribution is -0.148. The van der Waals surface area contributed by atoms with Gasteiger partial charge < -0.3 is 24.6 Å². The van der Waals surface area contributed by atoms with Gasteiger partial charge in [-0.15, -0.1) is 0 Å². The van der Waals surface area contributed by atoms with Gasteiger partial charge in [-0.05, 0) is 72.1 Å². The molecule has 9 heteroatoms. The van der Waals surface area contributed by atoms with Crippen LogP contribution in [0.25, 0.3) is 0 Å². The number of amides is 3. The summed E-state index contributed by atoms with van der Waals surface area (Å²) in [5.41, 5.74) is -0.498. The lowest BCUT2D eigenvalue weighted by atomic mass is 9.91. The fourth-order valence-electron chi connectivity index (χ4n) is 4.66. The molecule has 0 aromatic rings. The minimum atomic E-state index is -0.498. The van der Waals surface area contributed by atoms with Crippen molar-refractivity contribution in [1.82, 2.24) is 15.1 Å². The topological polar surface area (TPSA) is 105 Å². The van der Waals surface area contributed by atoms with Crippen LogP contribution in [0.5, 0.6) is 0 Å². The third kappa shape index (κ3) is 9.68. The Balaban J connectivity index is 1.73. The number of nitrogens with zero attached hydrogens (tertiary/aromatic N) is 2. The largest absolute Gasteiger partial charge is 0.466 e. The summed E-state index contributed by atoms with van der Waals surface area (Å²) in [5, 5.41) is 2.89. The average Bonchev–Trinajstić information content (AvgIpc) is 2.82. The molecule has 0 radical (unpaired) electrons. The SMILES string of the molecule is CCOC(=O)[C@@H](CC)CNC(=O)[C@@H]1CCCN(C(=O)CCC2CCN(C(=O)OC(C)(C)C)CC2)C1. The van der Waals surface area contributed by atoms with Crippen molar-refractivity contribution in [3.05, 3.63) is 0 Å². The molecule has 2 aliphatic heterocycles. The van der Waals surface area contributed by atoms with E-state index in [0.29, 0.717) is 51.5 Å². The standard InChI is InChI=1S/C26H45N3O6/c1-6-20(24(32)34-7-2)17-27-23(31)21-9-8-14-29(18-21)22(30)11-10-19-12-15-28(16-13-19)25(33)35-26(3,4)5/h19-21H,6-18H2,1-5H3,(H,27,31)/t20-,21+/m0/s1. The number of hydrogen-bond acceptors (Lipinski definition) is 6. The fourth-order valence-corrected chi connectivity index (χ4v) is 4.66. The fraction of sp³-hybridized carbons (Fsp3) is 0.846. The Morgan fingerprint density at radius 1 is 1.00 bits per heavy atom. The van der Waals surface area contributed by atoms with Gasteiger partial charge in [0.1, 0.15) is 5.60 Å². The Morgan fingerprint density at radius 2 is 1.69 bits per heavy atom. The molecule has 2 aliphatic rings. The van der Waals surface area contributed by atoms with Crippen LogP contribution in [0, 0.1) is 17.8 Å². The highest BCUT2D eigenvalue weighted by atomic mass is 16.6. The van der Waals surface area contributed by atoms with E-state index in [1.807, 2.05) is 32.6 Å². The number of carbonyl (C=O) groups excluding carboxylic acids is 4. The third-order valence-electron chi connectivity index (χ3n) is 6.81. The third-order valence-corrected chi connectivity index (χ3v) is 6.81. The molecule has 2 rings (SSSR count). The Bertz CT molecular complexity index is 727. The number of ether oxygens (including phenoxy) is 2. The predicted molar refractivity (Wildman–Crippen MR) is 132 cm³/mol. The van der Waals surface area contributed by atoms with E-state index in [1.165, 1.54) is 0 Å². The highest BCUT2D eigenvalue weighted by molar-refractivity contribution is 5.82. The zero-order valence-electron chi connectivity index (χ0n) is 22.3. The van der Waals surface area contributed by atoms with Gasteiger partial charge in [0, 0.05) is 39.1 Å². The monoisotopic (exact) mass is 495 g/mol. The first kappa shape index (κ1) is 28.9. The second-order valence-corrected chi connectivity index (χ2v) is 10.7. The highest BCUT2D eigenvalue weighted by Gasteiger charge is 2.31. The quantitative estimate of drug-likeness (QED) is 0.492. The lowest BCUT2D eigenvalue weighted by Crippen LogP contribution is -2.46. The molecule has 2 fully saturated rings. The first-order chi connectivity index (χ1) is 16.5. The zero-order valence-corrected chi connectivity index (χ0v) is 22.3. The number of rotatable bonds is 9. The van der Waals surface area contributed by atoms with Gasteiger partial charge in [-0.25, -0.2) is 4.79 Å².